The van der Waals surface area contributed by atoms with Crippen molar-refractivity contribution in [1.82, 2.24) is 10.3 Å². The smallest absolute Gasteiger partial charge is 0.129 e. The van der Waals surface area contributed by atoms with Crippen LogP contribution in [0.5, 0.6) is 0 Å². The van der Waals surface area contributed by atoms with Crippen molar-refractivity contribution in [3.63, 3.8) is 0 Å². The van der Waals surface area contributed by atoms with E-state index < -0.39 is 0 Å². The van der Waals surface area contributed by atoms with Gasteiger partial charge in [-0.3, -0.25) is 0 Å². The van der Waals surface area contributed by atoms with Crippen molar-refractivity contribution in [2.24, 2.45) is 0 Å². The van der Waals surface area contributed by atoms with Crippen LogP contribution in [0.15, 0.2) is 30.3 Å². The first-order chi connectivity index (χ1) is 8.33. The minimum atomic E-state index is -0.214. The third kappa shape index (κ3) is 2.08. The number of nitrogens with zero attached hydrogens (tertiary/aromatic N) is 2. The number of benzene rings is 1. The minimum Gasteiger partial charge on any atom is -0.354 e. The second-order valence-corrected chi connectivity index (χ2v) is 4.24. The van der Waals surface area contributed by atoms with Crippen molar-refractivity contribution < 1.29 is 4.39 Å². The number of rotatable bonds is 1. The third-order valence-corrected chi connectivity index (χ3v) is 3.08. The van der Waals surface area contributed by atoms with Gasteiger partial charge in [0, 0.05) is 31.6 Å². The van der Waals surface area contributed by atoms with E-state index in [1.54, 1.807) is 6.07 Å². The van der Waals surface area contributed by atoms with Crippen LogP contribution in [-0.4, -0.2) is 31.2 Å². The van der Waals surface area contributed by atoms with Crippen LogP contribution in [0.4, 0.5) is 10.2 Å². The molecule has 1 aliphatic rings. The summed E-state index contributed by atoms with van der Waals surface area (Å²) in [6.07, 6.45) is 0. The summed E-state index contributed by atoms with van der Waals surface area (Å²) >= 11 is 0. The summed E-state index contributed by atoms with van der Waals surface area (Å²) in [5.41, 5.74) is 0.849. The first-order valence-electron chi connectivity index (χ1n) is 5.85. The molecule has 3 nitrogen and oxygen atoms in total. The predicted molar refractivity (Wildman–Crippen MR) is 66.8 cm³/mol. The van der Waals surface area contributed by atoms with Crippen LogP contribution in [-0.2, 0) is 0 Å². The van der Waals surface area contributed by atoms with E-state index in [1.165, 1.54) is 12.1 Å². The molecule has 0 bridgehead atoms. The maximum atomic E-state index is 13.0. The number of hydrogen-bond donors (Lipinski definition) is 1. The van der Waals surface area contributed by atoms with E-state index in [9.17, 15) is 4.39 Å². The quantitative estimate of drug-likeness (QED) is 0.811. The molecule has 0 spiro atoms. The minimum absolute atomic E-state index is 0.214. The van der Waals surface area contributed by atoms with E-state index in [4.69, 9.17) is 0 Å². The molecule has 3 rings (SSSR count). The first-order valence-corrected chi connectivity index (χ1v) is 5.85. The fourth-order valence-electron chi connectivity index (χ4n) is 2.16. The Hall–Kier alpha value is -1.68. The van der Waals surface area contributed by atoms with E-state index in [0.717, 1.165) is 42.9 Å². The topological polar surface area (TPSA) is 28.2 Å². The standard InChI is InChI=1S/C13H14FN3/c14-11-2-3-12-10(9-11)1-4-13(16-12)17-7-5-15-6-8-17/h1-4,9,15H,5-8H2. The lowest BCUT2D eigenvalue weighted by Crippen LogP contribution is -2.43. The largest absolute Gasteiger partial charge is 0.354 e. The Morgan fingerprint density at radius 2 is 1.94 bits per heavy atom. The van der Waals surface area contributed by atoms with E-state index in [-0.39, 0.29) is 5.82 Å². The highest BCUT2D eigenvalue weighted by Gasteiger charge is 2.11. The molecule has 0 radical (unpaired) electrons. The highest BCUT2D eigenvalue weighted by atomic mass is 19.1. The lowest BCUT2D eigenvalue weighted by Gasteiger charge is -2.28. The average Bonchev–Trinajstić information content (AvgIpc) is 2.39. The van der Waals surface area contributed by atoms with Crippen molar-refractivity contribution in [3.8, 4) is 0 Å². The van der Waals surface area contributed by atoms with Gasteiger partial charge < -0.3 is 10.2 Å². The van der Waals surface area contributed by atoms with Gasteiger partial charge in [-0.25, -0.2) is 9.37 Å². The van der Waals surface area contributed by atoms with Crippen molar-refractivity contribution in [3.05, 3.63) is 36.1 Å². The lowest BCUT2D eigenvalue weighted by atomic mass is 10.2. The molecule has 1 fully saturated rings. The van der Waals surface area contributed by atoms with Crippen LogP contribution in [0.2, 0.25) is 0 Å². The molecular weight excluding hydrogens is 217 g/mol. The van der Waals surface area contributed by atoms with E-state index in [1.807, 2.05) is 12.1 Å². The zero-order valence-electron chi connectivity index (χ0n) is 9.49. The Bertz CT molecular complexity index is 535. The number of halogens is 1. The summed E-state index contributed by atoms with van der Waals surface area (Å²) in [4.78, 5) is 6.82. The van der Waals surface area contributed by atoms with Gasteiger partial charge in [-0.2, -0.15) is 0 Å². The van der Waals surface area contributed by atoms with Gasteiger partial charge in [-0.1, -0.05) is 0 Å². The van der Waals surface area contributed by atoms with Gasteiger partial charge in [0.1, 0.15) is 11.6 Å². The fourth-order valence-corrected chi connectivity index (χ4v) is 2.16. The Balaban J connectivity index is 1.98. The van der Waals surface area contributed by atoms with Gasteiger partial charge in [-0.05, 0) is 30.3 Å². The molecule has 1 N–H and O–H groups in total. The van der Waals surface area contributed by atoms with Crippen molar-refractivity contribution >= 4 is 16.7 Å². The molecular formula is C13H14FN3. The number of hydrogen-bond acceptors (Lipinski definition) is 3. The number of aromatic nitrogens is 1. The van der Waals surface area contributed by atoms with Crippen LogP contribution in [0.25, 0.3) is 10.9 Å². The second-order valence-electron chi connectivity index (χ2n) is 4.24. The molecule has 4 heteroatoms. The summed E-state index contributed by atoms with van der Waals surface area (Å²) in [7, 11) is 0. The monoisotopic (exact) mass is 231 g/mol. The SMILES string of the molecule is Fc1ccc2nc(N3CCNCC3)ccc2c1. The van der Waals surface area contributed by atoms with Crippen molar-refractivity contribution in [1.29, 1.82) is 0 Å². The molecule has 0 aliphatic carbocycles. The first kappa shape index (κ1) is 10.5. The predicted octanol–water partition coefficient (Wildman–Crippen LogP) is 1.78. The molecule has 0 atom stereocenters. The van der Waals surface area contributed by atoms with Gasteiger partial charge in [0.05, 0.1) is 5.52 Å². The van der Waals surface area contributed by atoms with Gasteiger partial charge in [-0.15, -0.1) is 0 Å². The maximum absolute atomic E-state index is 13.0. The normalized spacial score (nSPS) is 16.4. The molecule has 2 aromatic rings. The molecule has 1 aliphatic heterocycles. The molecule has 88 valence electrons. The number of piperazine rings is 1. The van der Waals surface area contributed by atoms with Crippen LogP contribution in [0.1, 0.15) is 0 Å². The molecule has 0 unspecified atom stereocenters. The summed E-state index contributed by atoms with van der Waals surface area (Å²) in [6, 6.07) is 8.60. The van der Waals surface area contributed by atoms with Crippen molar-refractivity contribution in [2.45, 2.75) is 0 Å². The molecule has 17 heavy (non-hydrogen) atoms. The molecule has 1 aromatic carbocycles. The fraction of sp³-hybridized carbons (Fsp3) is 0.308. The number of nitrogens with one attached hydrogen (secondary N) is 1. The van der Waals surface area contributed by atoms with Gasteiger partial charge in [0.15, 0.2) is 0 Å². The summed E-state index contributed by atoms with van der Waals surface area (Å²) < 4.78 is 13.0. The molecule has 1 saturated heterocycles. The van der Waals surface area contributed by atoms with Crippen molar-refractivity contribution in [2.75, 3.05) is 31.1 Å². The summed E-state index contributed by atoms with van der Waals surface area (Å²) in [6.45, 7) is 3.92. The highest BCUT2D eigenvalue weighted by Crippen LogP contribution is 2.19. The zero-order chi connectivity index (χ0) is 11.7. The Kier molecular flexibility index (Phi) is 2.65. The average molecular weight is 231 g/mol. The van der Waals surface area contributed by atoms with Gasteiger partial charge in [0.2, 0.25) is 0 Å². The second kappa shape index (κ2) is 4.30. The molecule has 1 aromatic heterocycles. The molecule has 2 heterocycles. The number of anilines is 1. The molecule has 0 amide bonds. The Morgan fingerprint density at radius 1 is 1.12 bits per heavy atom. The van der Waals surface area contributed by atoms with Gasteiger partial charge in [0.25, 0.3) is 0 Å². The van der Waals surface area contributed by atoms with Crippen LogP contribution in [0, 0.1) is 5.82 Å². The molecule has 0 saturated carbocycles. The number of pyridine rings is 1. The summed E-state index contributed by atoms with van der Waals surface area (Å²) in [5.74, 6) is 0.764. The van der Waals surface area contributed by atoms with Crippen LogP contribution in [0.3, 0.4) is 0 Å². The van der Waals surface area contributed by atoms with E-state index >= 15 is 0 Å². The highest BCUT2D eigenvalue weighted by molar-refractivity contribution is 5.80. The van der Waals surface area contributed by atoms with E-state index in [0.29, 0.717) is 0 Å². The lowest BCUT2D eigenvalue weighted by molar-refractivity contribution is 0.585. The van der Waals surface area contributed by atoms with E-state index in [2.05, 4.69) is 15.2 Å². The zero-order valence-corrected chi connectivity index (χ0v) is 9.49. The number of fused-ring (bicyclic) bond motifs is 1. The maximum Gasteiger partial charge on any atom is 0.129 e. The van der Waals surface area contributed by atoms with Crippen LogP contribution >= 0.6 is 0 Å². The van der Waals surface area contributed by atoms with Gasteiger partial charge >= 0.3 is 0 Å². The Labute approximate surface area is 99.3 Å². The third-order valence-electron chi connectivity index (χ3n) is 3.08. The summed E-state index contributed by atoms with van der Waals surface area (Å²) in [5, 5.41) is 4.16. The van der Waals surface area contributed by atoms with Crippen LogP contribution < -0.4 is 10.2 Å². The Morgan fingerprint density at radius 3 is 2.76 bits per heavy atom.